The summed E-state index contributed by atoms with van der Waals surface area (Å²) < 4.78 is 0. The summed E-state index contributed by atoms with van der Waals surface area (Å²) in [6.45, 7) is 0.620. The molecule has 1 aromatic rings. The van der Waals surface area contributed by atoms with Crippen LogP contribution in [0, 0.1) is 0 Å². The van der Waals surface area contributed by atoms with Crippen molar-refractivity contribution in [2.75, 3.05) is 6.54 Å². The van der Waals surface area contributed by atoms with E-state index < -0.39 is 0 Å². The second-order valence-electron chi connectivity index (χ2n) is 2.02. The minimum absolute atomic E-state index is 0. The van der Waals surface area contributed by atoms with E-state index in [1.165, 1.54) is 0 Å². The number of aromatic amines is 2. The average molecular weight is 179 g/mol. The van der Waals surface area contributed by atoms with Gasteiger partial charge in [-0.2, -0.15) is 5.10 Å². The Hall–Kier alpha value is -0.810. The van der Waals surface area contributed by atoms with Crippen LogP contribution in [0.25, 0.3) is 0 Å². The summed E-state index contributed by atoms with van der Waals surface area (Å²) >= 11 is 0. The van der Waals surface area contributed by atoms with E-state index in [4.69, 9.17) is 5.73 Å². The summed E-state index contributed by atoms with van der Waals surface area (Å²) in [5.74, 6) is 0.676. The Labute approximate surface area is 69.8 Å². The fourth-order valence-electron chi connectivity index (χ4n) is 0.693. The van der Waals surface area contributed by atoms with Gasteiger partial charge in [0.1, 0.15) is 5.82 Å². The number of aryl methyl sites for hydroxylation is 1. The zero-order valence-electron chi connectivity index (χ0n) is 5.96. The quantitative estimate of drug-likeness (QED) is 0.578. The Balaban J connectivity index is 0.000001000. The minimum Gasteiger partial charge on any atom is -0.330 e. The molecule has 0 amide bonds. The van der Waals surface area contributed by atoms with Crippen LogP contribution >= 0.6 is 12.4 Å². The van der Waals surface area contributed by atoms with Gasteiger partial charge in [0.2, 0.25) is 0 Å². The molecule has 0 aliphatic rings. The van der Waals surface area contributed by atoms with Crippen LogP contribution in [-0.4, -0.2) is 21.7 Å². The van der Waals surface area contributed by atoms with Crippen LogP contribution in [-0.2, 0) is 6.42 Å². The second kappa shape index (κ2) is 4.92. The first kappa shape index (κ1) is 10.2. The van der Waals surface area contributed by atoms with Crippen LogP contribution in [0.4, 0.5) is 0 Å². The Kier molecular flexibility index (Phi) is 4.56. The summed E-state index contributed by atoms with van der Waals surface area (Å²) in [6.07, 6.45) is 1.58. The average Bonchev–Trinajstić information content (AvgIpc) is 2.31. The second-order valence-corrected chi connectivity index (χ2v) is 2.02. The number of hydrogen-bond acceptors (Lipinski definition) is 3. The van der Waals surface area contributed by atoms with E-state index in [0.717, 1.165) is 12.8 Å². The summed E-state index contributed by atoms with van der Waals surface area (Å²) in [6, 6.07) is 0. The zero-order chi connectivity index (χ0) is 7.40. The van der Waals surface area contributed by atoms with Gasteiger partial charge in [-0.3, -0.25) is 4.98 Å². The van der Waals surface area contributed by atoms with Gasteiger partial charge in [0.25, 0.3) is 0 Å². The third-order valence-electron chi connectivity index (χ3n) is 1.17. The molecule has 0 radical (unpaired) electrons. The zero-order valence-corrected chi connectivity index (χ0v) is 6.78. The molecular formula is C5H11ClN4O. The predicted octanol–water partition coefficient (Wildman–Crippen LogP) is -0.589. The van der Waals surface area contributed by atoms with Crippen molar-refractivity contribution >= 4 is 12.4 Å². The molecule has 0 aromatic carbocycles. The highest BCUT2D eigenvalue weighted by Crippen LogP contribution is 1.87. The summed E-state index contributed by atoms with van der Waals surface area (Å²) in [5.41, 5.74) is 5.00. The van der Waals surface area contributed by atoms with Gasteiger partial charge in [0.15, 0.2) is 0 Å². The van der Waals surface area contributed by atoms with Crippen LogP contribution in [0.3, 0.4) is 0 Å². The lowest BCUT2D eigenvalue weighted by Gasteiger charge is -1.89. The van der Waals surface area contributed by atoms with Gasteiger partial charge in [-0.05, 0) is 13.0 Å². The molecule has 1 rings (SSSR count). The predicted molar refractivity (Wildman–Crippen MR) is 43.8 cm³/mol. The molecule has 4 N–H and O–H groups in total. The number of H-pyrrole nitrogens is 2. The van der Waals surface area contributed by atoms with Crippen molar-refractivity contribution in [1.29, 1.82) is 0 Å². The summed E-state index contributed by atoms with van der Waals surface area (Å²) in [5, 5.41) is 5.98. The Morgan fingerprint density at radius 2 is 2.27 bits per heavy atom. The maximum absolute atomic E-state index is 10.4. The fourth-order valence-corrected chi connectivity index (χ4v) is 0.693. The molecule has 0 fully saturated rings. The molecule has 0 aliphatic heterocycles. The number of nitrogens with two attached hydrogens (primary N) is 1. The highest BCUT2D eigenvalue weighted by Gasteiger charge is 1.94. The van der Waals surface area contributed by atoms with E-state index in [1.807, 2.05) is 0 Å². The monoisotopic (exact) mass is 178 g/mol. The summed E-state index contributed by atoms with van der Waals surface area (Å²) in [7, 11) is 0. The number of rotatable bonds is 3. The van der Waals surface area contributed by atoms with E-state index in [9.17, 15) is 4.79 Å². The van der Waals surface area contributed by atoms with E-state index in [-0.39, 0.29) is 18.1 Å². The maximum atomic E-state index is 10.4. The number of aromatic nitrogens is 3. The van der Waals surface area contributed by atoms with E-state index in [1.54, 1.807) is 0 Å². The van der Waals surface area contributed by atoms with Crippen molar-refractivity contribution in [3.63, 3.8) is 0 Å². The highest BCUT2D eigenvalue weighted by molar-refractivity contribution is 5.85. The lowest BCUT2D eigenvalue weighted by atomic mass is 10.3. The Morgan fingerprint density at radius 1 is 1.55 bits per heavy atom. The standard InChI is InChI=1S/C5H10N4O.ClH/c6-3-1-2-4-7-5(10)9-8-4;/h1-3,6H2,(H2,7,8,9,10);1H. The first-order valence-electron chi connectivity index (χ1n) is 3.16. The molecule has 1 heterocycles. The van der Waals surface area contributed by atoms with Gasteiger partial charge in [-0.1, -0.05) is 0 Å². The summed E-state index contributed by atoms with van der Waals surface area (Å²) in [4.78, 5) is 13.0. The van der Waals surface area contributed by atoms with Gasteiger partial charge in [-0.25, -0.2) is 9.89 Å². The number of nitrogens with zero attached hydrogens (tertiary/aromatic N) is 1. The first-order chi connectivity index (χ1) is 4.83. The van der Waals surface area contributed by atoms with E-state index in [0.29, 0.717) is 12.4 Å². The molecule has 1 aromatic heterocycles. The first-order valence-corrected chi connectivity index (χ1v) is 3.16. The van der Waals surface area contributed by atoms with Crippen LogP contribution in [0.2, 0.25) is 0 Å². The van der Waals surface area contributed by atoms with Crippen molar-refractivity contribution in [1.82, 2.24) is 15.2 Å². The largest absolute Gasteiger partial charge is 0.340 e. The third-order valence-corrected chi connectivity index (χ3v) is 1.17. The van der Waals surface area contributed by atoms with Crippen molar-refractivity contribution in [2.24, 2.45) is 5.73 Å². The minimum atomic E-state index is -0.257. The molecular weight excluding hydrogens is 168 g/mol. The molecule has 0 spiro atoms. The van der Waals surface area contributed by atoms with Crippen molar-refractivity contribution in [2.45, 2.75) is 12.8 Å². The van der Waals surface area contributed by atoms with Gasteiger partial charge in [-0.15, -0.1) is 12.4 Å². The molecule has 0 aliphatic carbocycles. The molecule has 0 saturated carbocycles. The van der Waals surface area contributed by atoms with E-state index >= 15 is 0 Å². The lowest BCUT2D eigenvalue weighted by molar-refractivity contribution is 0.785. The Morgan fingerprint density at radius 3 is 2.73 bits per heavy atom. The number of hydrogen-bond donors (Lipinski definition) is 3. The van der Waals surface area contributed by atoms with Gasteiger partial charge in [0, 0.05) is 6.42 Å². The number of nitrogens with one attached hydrogen (secondary N) is 2. The molecule has 64 valence electrons. The van der Waals surface area contributed by atoms with Crippen LogP contribution in [0.5, 0.6) is 0 Å². The van der Waals surface area contributed by atoms with Crippen LogP contribution in [0.1, 0.15) is 12.2 Å². The number of halogens is 1. The van der Waals surface area contributed by atoms with Crippen molar-refractivity contribution in [3.05, 3.63) is 16.3 Å². The molecule has 0 saturated heterocycles. The smallest absolute Gasteiger partial charge is 0.330 e. The lowest BCUT2D eigenvalue weighted by Crippen LogP contribution is -2.03. The normalized spacial score (nSPS) is 9.18. The topological polar surface area (TPSA) is 87.6 Å². The molecule has 11 heavy (non-hydrogen) atoms. The molecule has 0 bridgehead atoms. The van der Waals surface area contributed by atoms with Gasteiger partial charge < -0.3 is 5.73 Å². The van der Waals surface area contributed by atoms with Crippen LogP contribution < -0.4 is 11.4 Å². The third kappa shape index (κ3) is 3.20. The van der Waals surface area contributed by atoms with Crippen LogP contribution in [0.15, 0.2) is 4.79 Å². The molecule has 0 atom stereocenters. The molecule has 6 heteroatoms. The van der Waals surface area contributed by atoms with Crippen molar-refractivity contribution < 1.29 is 0 Å². The highest BCUT2D eigenvalue weighted by atomic mass is 35.5. The maximum Gasteiger partial charge on any atom is 0.340 e. The fraction of sp³-hybridized carbons (Fsp3) is 0.600. The Bertz CT molecular complexity index is 243. The van der Waals surface area contributed by atoms with Gasteiger partial charge >= 0.3 is 5.69 Å². The molecule has 0 unspecified atom stereocenters. The van der Waals surface area contributed by atoms with E-state index in [2.05, 4.69) is 15.2 Å². The molecule has 5 nitrogen and oxygen atoms in total. The van der Waals surface area contributed by atoms with Crippen molar-refractivity contribution in [3.8, 4) is 0 Å². The van der Waals surface area contributed by atoms with Gasteiger partial charge in [0.05, 0.1) is 0 Å². The SMILES string of the molecule is Cl.NCCCc1n[nH]c(=O)[nH]1.